The molecule has 1 aliphatic heterocycles. The summed E-state index contributed by atoms with van der Waals surface area (Å²) in [5.74, 6) is -0.354. The maximum atomic E-state index is 11.8. The first kappa shape index (κ1) is 12.9. The van der Waals surface area contributed by atoms with Gasteiger partial charge in [0.05, 0.1) is 18.3 Å². The molecule has 3 aliphatic rings. The van der Waals surface area contributed by atoms with E-state index in [4.69, 9.17) is 4.74 Å². The molecule has 0 bridgehead atoms. The van der Waals surface area contributed by atoms with Crippen LogP contribution in [0.4, 0.5) is 0 Å². The second-order valence-corrected chi connectivity index (χ2v) is 6.17. The molecule has 0 amide bonds. The second kappa shape index (κ2) is 4.18. The maximum absolute atomic E-state index is 11.8. The van der Waals surface area contributed by atoms with Crippen molar-refractivity contribution in [3.63, 3.8) is 0 Å². The van der Waals surface area contributed by atoms with Crippen molar-refractivity contribution in [1.29, 1.82) is 0 Å². The molecule has 1 heterocycles. The van der Waals surface area contributed by atoms with E-state index in [9.17, 15) is 15.0 Å². The van der Waals surface area contributed by atoms with Crippen LogP contribution in [-0.4, -0.2) is 35.0 Å². The Morgan fingerprint density at radius 3 is 2.95 bits per heavy atom. The van der Waals surface area contributed by atoms with Crippen LogP contribution in [-0.2, 0) is 9.53 Å². The third-order valence-corrected chi connectivity index (χ3v) is 5.23. The van der Waals surface area contributed by atoms with E-state index in [-0.39, 0.29) is 36.1 Å². The first-order valence-electron chi connectivity index (χ1n) is 6.87. The van der Waals surface area contributed by atoms with Gasteiger partial charge in [-0.2, -0.15) is 0 Å². The fourth-order valence-electron chi connectivity index (χ4n) is 4.02. The summed E-state index contributed by atoms with van der Waals surface area (Å²) in [6.07, 6.45) is 3.59. The number of carbonyl (C=O) groups excluding carboxylic acids is 1. The molecule has 19 heavy (non-hydrogen) atoms. The first-order chi connectivity index (χ1) is 8.99. The number of esters is 1. The lowest BCUT2D eigenvalue weighted by Gasteiger charge is -2.50. The molecular formula is C15H20O4. The number of rotatable bonds is 1. The molecule has 1 saturated carbocycles. The van der Waals surface area contributed by atoms with Gasteiger partial charge in [0.15, 0.2) is 0 Å². The molecule has 104 valence electrons. The van der Waals surface area contributed by atoms with Crippen molar-refractivity contribution in [3.8, 4) is 0 Å². The lowest BCUT2D eigenvalue weighted by molar-refractivity contribution is -0.147. The fraction of sp³-hybridized carbons (Fsp3) is 0.667. The lowest BCUT2D eigenvalue weighted by atomic mass is 9.57. The van der Waals surface area contributed by atoms with Crippen LogP contribution in [0.15, 0.2) is 22.8 Å². The third kappa shape index (κ3) is 1.63. The van der Waals surface area contributed by atoms with Crippen LogP contribution < -0.4 is 0 Å². The molecule has 0 aromatic rings. The summed E-state index contributed by atoms with van der Waals surface area (Å²) in [6.45, 7) is 3.88. The maximum Gasteiger partial charge on any atom is 0.337 e. The van der Waals surface area contributed by atoms with E-state index < -0.39 is 0 Å². The molecule has 0 saturated heterocycles. The molecule has 0 spiro atoms. The Morgan fingerprint density at radius 2 is 2.26 bits per heavy atom. The summed E-state index contributed by atoms with van der Waals surface area (Å²) in [7, 11) is 0. The largest absolute Gasteiger partial charge is 0.454 e. The van der Waals surface area contributed by atoms with Gasteiger partial charge in [-0.25, -0.2) is 4.79 Å². The van der Waals surface area contributed by atoms with Crippen LogP contribution in [0.25, 0.3) is 0 Å². The van der Waals surface area contributed by atoms with Crippen LogP contribution >= 0.6 is 0 Å². The Kier molecular flexibility index (Phi) is 2.84. The van der Waals surface area contributed by atoms with E-state index in [1.165, 1.54) is 5.57 Å². The Morgan fingerprint density at radius 1 is 1.53 bits per heavy atom. The molecule has 4 heteroatoms. The number of hydrogen-bond donors (Lipinski definition) is 2. The lowest BCUT2D eigenvalue weighted by Crippen LogP contribution is -2.50. The highest BCUT2D eigenvalue weighted by atomic mass is 16.6. The summed E-state index contributed by atoms with van der Waals surface area (Å²) in [4.78, 5) is 11.8. The molecule has 4 atom stereocenters. The van der Waals surface area contributed by atoms with Crippen LogP contribution in [0.5, 0.6) is 0 Å². The molecule has 0 unspecified atom stereocenters. The van der Waals surface area contributed by atoms with E-state index >= 15 is 0 Å². The average molecular weight is 264 g/mol. The highest BCUT2D eigenvalue weighted by Gasteiger charge is 2.54. The molecule has 4 nitrogen and oxygen atoms in total. The predicted octanol–water partition coefficient (Wildman–Crippen LogP) is 1.33. The fourth-order valence-corrected chi connectivity index (χ4v) is 4.02. The molecular weight excluding hydrogens is 244 g/mol. The molecule has 0 aromatic carbocycles. The minimum absolute atomic E-state index is 0.0352. The number of ether oxygens (including phenoxy) is 1. The number of fused-ring (bicyclic) bond motifs is 3. The quantitative estimate of drug-likeness (QED) is 0.554. The minimum Gasteiger partial charge on any atom is -0.454 e. The monoisotopic (exact) mass is 264 g/mol. The summed E-state index contributed by atoms with van der Waals surface area (Å²) in [5.41, 5.74) is 2.32. The van der Waals surface area contributed by atoms with Crippen molar-refractivity contribution in [2.75, 3.05) is 6.61 Å². The van der Waals surface area contributed by atoms with Gasteiger partial charge in [-0.15, -0.1) is 0 Å². The third-order valence-electron chi connectivity index (χ3n) is 5.23. The number of carbonyl (C=O) groups is 1. The number of aliphatic hydroxyl groups excluding tert-OH is 2. The van der Waals surface area contributed by atoms with E-state index in [1.807, 2.05) is 13.0 Å². The van der Waals surface area contributed by atoms with Crippen molar-refractivity contribution in [1.82, 2.24) is 0 Å². The topological polar surface area (TPSA) is 66.8 Å². The summed E-state index contributed by atoms with van der Waals surface area (Å²) in [6, 6.07) is 0. The highest BCUT2D eigenvalue weighted by Crippen LogP contribution is 2.54. The van der Waals surface area contributed by atoms with E-state index in [0.29, 0.717) is 12.0 Å². The summed E-state index contributed by atoms with van der Waals surface area (Å²) in [5, 5.41) is 19.7. The van der Waals surface area contributed by atoms with Gasteiger partial charge in [0.2, 0.25) is 0 Å². The van der Waals surface area contributed by atoms with Gasteiger partial charge < -0.3 is 14.9 Å². The zero-order valence-corrected chi connectivity index (χ0v) is 11.3. The summed E-state index contributed by atoms with van der Waals surface area (Å²) >= 11 is 0. The van der Waals surface area contributed by atoms with Crippen molar-refractivity contribution < 1.29 is 19.7 Å². The zero-order valence-electron chi connectivity index (χ0n) is 11.3. The first-order valence-corrected chi connectivity index (χ1v) is 6.87. The Balaban J connectivity index is 2.06. The van der Waals surface area contributed by atoms with Gasteiger partial charge in [-0.05, 0) is 31.8 Å². The molecule has 0 aromatic heterocycles. The Bertz CT molecular complexity index is 490. The van der Waals surface area contributed by atoms with Gasteiger partial charge in [0.1, 0.15) is 6.10 Å². The molecule has 3 rings (SSSR count). The van der Waals surface area contributed by atoms with Crippen LogP contribution in [0.1, 0.15) is 33.1 Å². The van der Waals surface area contributed by atoms with Crippen LogP contribution in [0, 0.1) is 11.3 Å². The van der Waals surface area contributed by atoms with Crippen molar-refractivity contribution >= 4 is 5.97 Å². The standard InChI is InChI=1S/C15H20O4/c1-8-3-4-11(17)15(2)6-5-9-10(7-16)14(18)19-13(9)12(8)15/h3,11-13,16-17H,4-7H2,1-2H3/t11-,12+,13-,15-/m0/s1. The van der Waals surface area contributed by atoms with E-state index in [0.717, 1.165) is 18.4 Å². The van der Waals surface area contributed by atoms with E-state index in [2.05, 4.69) is 6.92 Å². The zero-order chi connectivity index (χ0) is 13.8. The molecule has 0 radical (unpaired) electrons. The smallest absolute Gasteiger partial charge is 0.337 e. The normalized spacial score (nSPS) is 41.6. The molecule has 1 fully saturated rings. The Labute approximate surface area is 112 Å². The Hall–Kier alpha value is -1.13. The van der Waals surface area contributed by atoms with Crippen LogP contribution in [0.2, 0.25) is 0 Å². The van der Waals surface area contributed by atoms with E-state index in [1.54, 1.807) is 0 Å². The van der Waals surface area contributed by atoms with Crippen molar-refractivity contribution in [2.24, 2.45) is 11.3 Å². The number of hydrogen-bond acceptors (Lipinski definition) is 4. The number of aliphatic hydroxyl groups is 2. The van der Waals surface area contributed by atoms with Gasteiger partial charge in [-0.1, -0.05) is 18.6 Å². The van der Waals surface area contributed by atoms with Gasteiger partial charge in [-0.3, -0.25) is 0 Å². The molecule has 2 N–H and O–H groups in total. The van der Waals surface area contributed by atoms with Gasteiger partial charge in [0.25, 0.3) is 0 Å². The van der Waals surface area contributed by atoms with Crippen molar-refractivity contribution in [3.05, 3.63) is 22.8 Å². The average Bonchev–Trinajstić information content (AvgIpc) is 2.69. The highest BCUT2D eigenvalue weighted by molar-refractivity contribution is 5.92. The summed E-state index contributed by atoms with van der Waals surface area (Å²) < 4.78 is 5.50. The molecule has 2 aliphatic carbocycles. The van der Waals surface area contributed by atoms with Gasteiger partial charge in [0, 0.05) is 11.3 Å². The van der Waals surface area contributed by atoms with Crippen molar-refractivity contribution in [2.45, 2.75) is 45.3 Å². The SMILES string of the molecule is CC1=CC[C@H](O)[C@]2(C)CCC3=C(CO)C(=O)O[C@@H]3[C@@H]12. The predicted molar refractivity (Wildman–Crippen MR) is 69.2 cm³/mol. The minimum atomic E-state index is -0.389. The second-order valence-electron chi connectivity index (χ2n) is 6.17. The van der Waals surface area contributed by atoms with Gasteiger partial charge >= 0.3 is 5.97 Å². The van der Waals surface area contributed by atoms with Crippen LogP contribution in [0.3, 0.4) is 0 Å².